The van der Waals surface area contributed by atoms with E-state index < -0.39 is 5.91 Å². The van der Waals surface area contributed by atoms with E-state index in [9.17, 15) is 14.4 Å². The number of nitrogens with one attached hydrogen (secondary N) is 2. The van der Waals surface area contributed by atoms with Crippen molar-refractivity contribution in [1.82, 2.24) is 9.88 Å². The normalized spacial score (nSPS) is 10.4. The van der Waals surface area contributed by atoms with Gasteiger partial charge in [0.1, 0.15) is 0 Å². The Hall–Kier alpha value is -3.46. The van der Waals surface area contributed by atoms with Crippen LogP contribution < -0.4 is 10.6 Å². The number of aromatic nitrogens is 1. The summed E-state index contributed by atoms with van der Waals surface area (Å²) in [7, 11) is 1.70. The molecule has 0 fully saturated rings. The van der Waals surface area contributed by atoms with Crippen LogP contribution in [-0.4, -0.2) is 34.7 Å². The Kier molecular flexibility index (Phi) is 6.40. The highest BCUT2D eigenvalue weighted by molar-refractivity contribution is 7.14. The molecule has 2 aromatic heterocycles. The molecular formula is C20H20N4O4S. The Bertz CT molecular complexity index is 1010. The van der Waals surface area contributed by atoms with Crippen molar-refractivity contribution in [3.63, 3.8) is 0 Å². The number of benzene rings is 1. The number of rotatable bonds is 7. The van der Waals surface area contributed by atoms with Crippen molar-refractivity contribution < 1.29 is 18.8 Å². The molecule has 0 aliphatic heterocycles. The molecule has 0 atom stereocenters. The molecule has 0 aliphatic carbocycles. The number of anilines is 2. The molecule has 1 aromatic carbocycles. The maximum absolute atomic E-state index is 12.4. The van der Waals surface area contributed by atoms with Gasteiger partial charge in [0.25, 0.3) is 5.91 Å². The molecule has 9 heteroatoms. The van der Waals surface area contributed by atoms with Crippen LogP contribution in [-0.2, 0) is 22.6 Å². The Balaban J connectivity index is 1.60. The largest absolute Gasteiger partial charge is 0.459 e. The first kappa shape index (κ1) is 20.3. The maximum Gasteiger partial charge on any atom is 0.293 e. The SMILES string of the molecule is CC(=O)N(C)Cc1ccccc1NC(=O)Cc1csc(NC(=O)c2ccco2)n1. The van der Waals surface area contributed by atoms with Crippen molar-refractivity contribution in [2.45, 2.75) is 19.9 Å². The van der Waals surface area contributed by atoms with Gasteiger partial charge in [0.15, 0.2) is 10.9 Å². The third-order valence-corrected chi connectivity index (χ3v) is 4.90. The highest BCUT2D eigenvalue weighted by Crippen LogP contribution is 2.20. The lowest BCUT2D eigenvalue weighted by Gasteiger charge is -2.17. The lowest BCUT2D eigenvalue weighted by Crippen LogP contribution is -2.24. The molecular weight excluding hydrogens is 392 g/mol. The monoisotopic (exact) mass is 412 g/mol. The lowest BCUT2D eigenvalue weighted by atomic mass is 10.1. The Labute approximate surface area is 171 Å². The summed E-state index contributed by atoms with van der Waals surface area (Å²) in [6, 6.07) is 10.5. The van der Waals surface area contributed by atoms with Crippen LogP contribution in [0.3, 0.4) is 0 Å². The summed E-state index contributed by atoms with van der Waals surface area (Å²) < 4.78 is 5.03. The van der Waals surface area contributed by atoms with Crippen molar-refractivity contribution in [2.75, 3.05) is 17.7 Å². The molecule has 8 nitrogen and oxygen atoms in total. The highest BCUT2D eigenvalue weighted by Gasteiger charge is 2.14. The van der Waals surface area contributed by atoms with E-state index in [2.05, 4.69) is 15.6 Å². The molecule has 2 N–H and O–H groups in total. The molecule has 0 saturated carbocycles. The minimum atomic E-state index is -0.399. The number of furan rings is 1. The van der Waals surface area contributed by atoms with Crippen LogP contribution in [0.1, 0.15) is 28.7 Å². The smallest absolute Gasteiger partial charge is 0.293 e. The number of hydrogen-bond donors (Lipinski definition) is 2. The molecule has 0 bridgehead atoms. The fourth-order valence-electron chi connectivity index (χ4n) is 2.52. The molecule has 0 saturated heterocycles. The van der Waals surface area contributed by atoms with E-state index >= 15 is 0 Å². The first-order valence-corrected chi connectivity index (χ1v) is 9.69. The second-order valence-electron chi connectivity index (χ2n) is 6.33. The summed E-state index contributed by atoms with van der Waals surface area (Å²) >= 11 is 1.23. The molecule has 0 aliphatic rings. The van der Waals surface area contributed by atoms with Crippen molar-refractivity contribution in [3.8, 4) is 0 Å². The molecule has 150 valence electrons. The average molecular weight is 412 g/mol. The second kappa shape index (κ2) is 9.16. The fraction of sp³-hybridized carbons (Fsp3) is 0.200. The van der Waals surface area contributed by atoms with Gasteiger partial charge in [0.05, 0.1) is 18.4 Å². The van der Waals surface area contributed by atoms with Crippen molar-refractivity contribution in [2.24, 2.45) is 0 Å². The maximum atomic E-state index is 12.4. The molecule has 0 unspecified atom stereocenters. The average Bonchev–Trinajstić information content (AvgIpc) is 3.35. The van der Waals surface area contributed by atoms with E-state index in [0.29, 0.717) is 23.1 Å². The van der Waals surface area contributed by atoms with Crippen molar-refractivity contribution >= 4 is 39.9 Å². The molecule has 29 heavy (non-hydrogen) atoms. The molecule has 2 heterocycles. The zero-order valence-electron chi connectivity index (χ0n) is 16.0. The van der Waals surface area contributed by atoms with Gasteiger partial charge in [-0.15, -0.1) is 11.3 Å². The Morgan fingerprint density at radius 1 is 1.14 bits per heavy atom. The van der Waals surface area contributed by atoms with Crippen LogP contribution in [0, 0.1) is 0 Å². The quantitative estimate of drug-likeness (QED) is 0.620. The number of carbonyl (C=O) groups excluding carboxylic acids is 3. The first-order valence-electron chi connectivity index (χ1n) is 8.81. The van der Waals surface area contributed by atoms with E-state index in [1.54, 1.807) is 35.5 Å². The van der Waals surface area contributed by atoms with E-state index in [-0.39, 0.29) is 24.0 Å². The molecule has 3 aromatic rings. The first-order chi connectivity index (χ1) is 13.9. The number of carbonyl (C=O) groups is 3. The van der Waals surface area contributed by atoms with Gasteiger partial charge < -0.3 is 14.6 Å². The molecule has 0 radical (unpaired) electrons. The summed E-state index contributed by atoms with van der Waals surface area (Å²) in [6.45, 7) is 1.89. The lowest BCUT2D eigenvalue weighted by molar-refractivity contribution is -0.128. The minimum Gasteiger partial charge on any atom is -0.459 e. The van der Waals surface area contributed by atoms with Crippen LogP contribution in [0.2, 0.25) is 0 Å². The number of hydrogen-bond acceptors (Lipinski definition) is 6. The number of amides is 3. The van der Waals surface area contributed by atoms with Gasteiger partial charge in [-0.2, -0.15) is 0 Å². The summed E-state index contributed by atoms with van der Waals surface area (Å²) in [5.74, 6) is -0.509. The summed E-state index contributed by atoms with van der Waals surface area (Å²) in [6.07, 6.45) is 1.47. The predicted octanol–water partition coefficient (Wildman–Crippen LogP) is 3.15. The van der Waals surface area contributed by atoms with E-state index in [1.165, 1.54) is 24.5 Å². The van der Waals surface area contributed by atoms with Crippen molar-refractivity contribution in [3.05, 3.63) is 65.1 Å². The van der Waals surface area contributed by atoms with E-state index in [0.717, 1.165) is 5.56 Å². The predicted molar refractivity (Wildman–Crippen MR) is 110 cm³/mol. The van der Waals surface area contributed by atoms with Crippen molar-refractivity contribution in [1.29, 1.82) is 0 Å². The van der Waals surface area contributed by atoms with Gasteiger partial charge in [-0.1, -0.05) is 18.2 Å². The van der Waals surface area contributed by atoms with Gasteiger partial charge in [-0.3, -0.25) is 19.7 Å². The third kappa shape index (κ3) is 5.52. The van der Waals surface area contributed by atoms with Gasteiger partial charge in [-0.25, -0.2) is 4.98 Å². The zero-order chi connectivity index (χ0) is 20.8. The fourth-order valence-corrected chi connectivity index (χ4v) is 3.22. The van der Waals surface area contributed by atoms with Gasteiger partial charge >= 0.3 is 0 Å². The van der Waals surface area contributed by atoms with Crippen LogP contribution in [0.4, 0.5) is 10.8 Å². The topological polar surface area (TPSA) is 105 Å². The standard InChI is InChI=1S/C20H20N4O4S/c1-13(25)24(2)11-14-6-3-4-7-16(14)22-18(26)10-15-12-29-20(21-15)23-19(27)17-8-5-9-28-17/h3-9,12H,10-11H2,1-2H3,(H,22,26)(H,21,23,27). The van der Waals surface area contributed by atoms with Gasteiger partial charge in [-0.05, 0) is 23.8 Å². The van der Waals surface area contributed by atoms with Crippen LogP contribution in [0.25, 0.3) is 0 Å². The van der Waals surface area contributed by atoms with E-state index in [1.807, 2.05) is 18.2 Å². The molecule has 3 rings (SSSR count). The van der Waals surface area contributed by atoms with Gasteiger partial charge in [0.2, 0.25) is 11.8 Å². The zero-order valence-corrected chi connectivity index (χ0v) is 16.8. The van der Waals surface area contributed by atoms with E-state index in [4.69, 9.17) is 4.42 Å². The number of nitrogens with zero attached hydrogens (tertiary/aromatic N) is 2. The number of para-hydroxylation sites is 1. The second-order valence-corrected chi connectivity index (χ2v) is 7.19. The van der Waals surface area contributed by atoms with Crippen LogP contribution in [0.15, 0.2) is 52.5 Å². The van der Waals surface area contributed by atoms with Crippen LogP contribution >= 0.6 is 11.3 Å². The Morgan fingerprint density at radius 3 is 2.66 bits per heavy atom. The van der Waals surface area contributed by atoms with Gasteiger partial charge in [0, 0.05) is 31.6 Å². The summed E-state index contributed by atoms with van der Waals surface area (Å²) in [5.41, 5.74) is 2.02. The third-order valence-electron chi connectivity index (χ3n) is 4.10. The number of thiazole rings is 1. The minimum absolute atomic E-state index is 0.0577. The summed E-state index contributed by atoms with van der Waals surface area (Å²) in [5, 5.41) is 7.60. The molecule has 3 amide bonds. The Morgan fingerprint density at radius 2 is 1.93 bits per heavy atom. The summed E-state index contributed by atoms with van der Waals surface area (Å²) in [4.78, 5) is 41.7. The highest BCUT2D eigenvalue weighted by atomic mass is 32.1. The van der Waals surface area contributed by atoms with Crippen LogP contribution in [0.5, 0.6) is 0 Å². The molecule has 0 spiro atoms.